The molecule has 120 valence electrons. The lowest BCUT2D eigenvalue weighted by Gasteiger charge is -2.19. The summed E-state index contributed by atoms with van der Waals surface area (Å²) >= 11 is 0. The number of hydrogen-bond acceptors (Lipinski definition) is 4. The van der Waals surface area contributed by atoms with Crippen LogP contribution in [0.1, 0.15) is 42.3 Å². The molecule has 0 spiro atoms. The Hall–Kier alpha value is -2.36. The van der Waals surface area contributed by atoms with Gasteiger partial charge in [-0.1, -0.05) is 24.3 Å². The first-order chi connectivity index (χ1) is 10.8. The zero-order chi connectivity index (χ0) is 16.6. The minimum Gasteiger partial charge on any atom is -0.457 e. The van der Waals surface area contributed by atoms with E-state index < -0.39 is 17.5 Å². The van der Waals surface area contributed by atoms with Crippen LogP contribution < -0.4 is 0 Å². The third-order valence-electron chi connectivity index (χ3n) is 3.84. The van der Waals surface area contributed by atoms with Crippen LogP contribution in [-0.4, -0.2) is 24.1 Å². The molecular formula is C19H20O4. The van der Waals surface area contributed by atoms with E-state index in [1.54, 1.807) is 26.8 Å². The third kappa shape index (κ3) is 3.21. The van der Waals surface area contributed by atoms with E-state index in [4.69, 9.17) is 9.47 Å². The number of hydrogen-bond donors (Lipinski definition) is 0. The van der Waals surface area contributed by atoms with Crippen molar-refractivity contribution < 1.29 is 19.1 Å². The first-order valence-corrected chi connectivity index (χ1v) is 7.77. The maximum atomic E-state index is 12.3. The molecule has 0 aliphatic heterocycles. The molecule has 0 aromatic heterocycles. The largest absolute Gasteiger partial charge is 0.457 e. The number of aryl methyl sites for hydroxylation is 2. The average Bonchev–Trinajstić information content (AvgIpc) is 2.89. The molecule has 2 aromatic rings. The highest BCUT2D eigenvalue weighted by molar-refractivity contribution is 6.07. The van der Waals surface area contributed by atoms with Crippen LogP contribution in [0, 0.1) is 0 Å². The van der Waals surface area contributed by atoms with Gasteiger partial charge in [0.15, 0.2) is 6.61 Å². The molecule has 0 heterocycles. The minimum absolute atomic E-state index is 0.376. The second-order valence-corrected chi connectivity index (χ2v) is 6.77. The first kappa shape index (κ1) is 15.5. The zero-order valence-corrected chi connectivity index (χ0v) is 13.6. The van der Waals surface area contributed by atoms with Gasteiger partial charge in [0, 0.05) is 0 Å². The standard InChI is InChI=1S/C19H20O4/c1-19(2,3)23-16(20)11-22-18(21)15-10-9-13-8-7-12-5-4-6-14(15)17(12)13/h4-6,9-10H,7-8,11H2,1-3H3. The van der Waals surface area contributed by atoms with Gasteiger partial charge in [-0.15, -0.1) is 0 Å². The van der Waals surface area contributed by atoms with Gasteiger partial charge in [-0.2, -0.15) is 0 Å². The monoisotopic (exact) mass is 312 g/mol. The van der Waals surface area contributed by atoms with E-state index in [0.29, 0.717) is 5.56 Å². The molecule has 0 N–H and O–H groups in total. The Morgan fingerprint density at radius 3 is 2.43 bits per heavy atom. The Kier molecular flexibility index (Phi) is 3.84. The van der Waals surface area contributed by atoms with E-state index in [-0.39, 0.29) is 6.61 Å². The van der Waals surface area contributed by atoms with Crippen LogP contribution in [0.25, 0.3) is 10.8 Å². The molecule has 0 atom stereocenters. The molecule has 2 aromatic carbocycles. The van der Waals surface area contributed by atoms with Crippen LogP contribution in [0.4, 0.5) is 0 Å². The molecule has 0 fully saturated rings. The van der Waals surface area contributed by atoms with Crippen molar-refractivity contribution in [2.45, 2.75) is 39.2 Å². The van der Waals surface area contributed by atoms with Gasteiger partial charge in [0.05, 0.1) is 5.56 Å². The van der Waals surface area contributed by atoms with E-state index in [2.05, 4.69) is 6.07 Å². The van der Waals surface area contributed by atoms with Crippen LogP contribution in [0.5, 0.6) is 0 Å². The lowest BCUT2D eigenvalue weighted by molar-refractivity contribution is -0.158. The van der Waals surface area contributed by atoms with Gasteiger partial charge in [0.25, 0.3) is 0 Å². The maximum absolute atomic E-state index is 12.3. The molecule has 1 aliphatic rings. The van der Waals surface area contributed by atoms with Crippen LogP contribution in [0.2, 0.25) is 0 Å². The van der Waals surface area contributed by atoms with Crippen molar-refractivity contribution in [2.24, 2.45) is 0 Å². The number of rotatable bonds is 3. The van der Waals surface area contributed by atoms with Crippen molar-refractivity contribution in [3.63, 3.8) is 0 Å². The van der Waals surface area contributed by atoms with Crippen molar-refractivity contribution >= 4 is 22.7 Å². The Balaban J connectivity index is 1.79. The predicted octanol–water partition coefficient (Wildman–Crippen LogP) is 3.44. The summed E-state index contributed by atoms with van der Waals surface area (Å²) in [6, 6.07) is 9.73. The van der Waals surface area contributed by atoms with E-state index in [1.807, 2.05) is 18.2 Å². The molecule has 4 nitrogen and oxygen atoms in total. The van der Waals surface area contributed by atoms with E-state index >= 15 is 0 Å². The Morgan fingerprint density at radius 2 is 1.74 bits per heavy atom. The number of ether oxygens (including phenoxy) is 2. The van der Waals surface area contributed by atoms with Crippen LogP contribution in [-0.2, 0) is 27.1 Å². The summed E-state index contributed by atoms with van der Waals surface area (Å²) in [5.74, 6) is -1.04. The van der Waals surface area contributed by atoms with Crippen LogP contribution in [0.3, 0.4) is 0 Å². The highest BCUT2D eigenvalue weighted by Crippen LogP contribution is 2.32. The van der Waals surface area contributed by atoms with Gasteiger partial charge in [-0.3, -0.25) is 0 Å². The zero-order valence-electron chi connectivity index (χ0n) is 13.6. The molecule has 0 radical (unpaired) electrons. The highest BCUT2D eigenvalue weighted by Gasteiger charge is 2.21. The average molecular weight is 312 g/mol. The summed E-state index contributed by atoms with van der Waals surface area (Å²) in [7, 11) is 0. The molecule has 3 rings (SSSR count). The van der Waals surface area contributed by atoms with Gasteiger partial charge < -0.3 is 9.47 Å². The number of carbonyl (C=O) groups excluding carboxylic acids is 2. The first-order valence-electron chi connectivity index (χ1n) is 7.77. The second kappa shape index (κ2) is 5.69. The molecule has 0 saturated carbocycles. The van der Waals surface area contributed by atoms with Crippen molar-refractivity contribution in [3.05, 3.63) is 47.0 Å². The fourth-order valence-electron chi connectivity index (χ4n) is 3.00. The minimum atomic E-state index is -0.592. The molecule has 0 unspecified atom stereocenters. The second-order valence-electron chi connectivity index (χ2n) is 6.77. The number of carbonyl (C=O) groups is 2. The molecule has 1 aliphatic carbocycles. The van der Waals surface area contributed by atoms with Crippen LogP contribution in [0.15, 0.2) is 30.3 Å². The topological polar surface area (TPSA) is 52.6 Å². The van der Waals surface area contributed by atoms with Crippen molar-refractivity contribution in [3.8, 4) is 0 Å². The molecular weight excluding hydrogens is 292 g/mol. The third-order valence-corrected chi connectivity index (χ3v) is 3.84. The van der Waals surface area contributed by atoms with E-state index in [1.165, 1.54) is 11.1 Å². The SMILES string of the molecule is CC(C)(C)OC(=O)COC(=O)c1ccc2c3c(cccc13)CC2. The van der Waals surface area contributed by atoms with Gasteiger partial charge in [-0.05, 0) is 61.6 Å². The van der Waals surface area contributed by atoms with Gasteiger partial charge in [-0.25, -0.2) is 9.59 Å². The number of benzene rings is 2. The smallest absolute Gasteiger partial charge is 0.344 e. The van der Waals surface area contributed by atoms with E-state index in [0.717, 1.165) is 23.6 Å². The Morgan fingerprint density at radius 1 is 1.04 bits per heavy atom. The summed E-state index contributed by atoms with van der Waals surface area (Å²) in [4.78, 5) is 24.0. The summed E-state index contributed by atoms with van der Waals surface area (Å²) in [6.45, 7) is 4.95. The summed E-state index contributed by atoms with van der Waals surface area (Å²) in [6.07, 6.45) is 2.01. The normalized spacial score (nSPS) is 13.2. The summed E-state index contributed by atoms with van der Waals surface area (Å²) < 4.78 is 10.3. The fraction of sp³-hybridized carbons (Fsp3) is 0.368. The fourth-order valence-corrected chi connectivity index (χ4v) is 3.00. The van der Waals surface area contributed by atoms with E-state index in [9.17, 15) is 9.59 Å². The number of esters is 2. The van der Waals surface area contributed by atoms with Crippen LogP contribution >= 0.6 is 0 Å². The Labute approximate surface area is 135 Å². The lowest BCUT2D eigenvalue weighted by Crippen LogP contribution is -2.27. The molecule has 4 heteroatoms. The maximum Gasteiger partial charge on any atom is 0.344 e. The van der Waals surface area contributed by atoms with Crippen molar-refractivity contribution in [1.29, 1.82) is 0 Å². The summed E-state index contributed by atoms with van der Waals surface area (Å²) in [5.41, 5.74) is 2.43. The molecule has 23 heavy (non-hydrogen) atoms. The van der Waals surface area contributed by atoms with Crippen molar-refractivity contribution in [1.82, 2.24) is 0 Å². The van der Waals surface area contributed by atoms with Gasteiger partial charge >= 0.3 is 11.9 Å². The molecule has 0 amide bonds. The molecule has 0 saturated heterocycles. The highest BCUT2D eigenvalue weighted by atomic mass is 16.6. The summed E-state index contributed by atoms with van der Waals surface area (Å²) in [5, 5.41) is 2.05. The van der Waals surface area contributed by atoms with Gasteiger partial charge in [0.2, 0.25) is 0 Å². The lowest BCUT2D eigenvalue weighted by atomic mass is 10.00. The Bertz CT molecular complexity index is 774. The van der Waals surface area contributed by atoms with Gasteiger partial charge in [0.1, 0.15) is 5.60 Å². The quantitative estimate of drug-likeness (QED) is 0.815. The predicted molar refractivity (Wildman–Crippen MR) is 87.5 cm³/mol. The molecule has 0 bridgehead atoms. The van der Waals surface area contributed by atoms with Crippen molar-refractivity contribution in [2.75, 3.05) is 6.61 Å².